The molecule has 1 amide bonds. The minimum Gasteiger partial charge on any atom is -0.493 e. The average Bonchev–Trinajstić information content (AvgIpc) is 3.32. The first-order valence-corrected chi connectivity index (χ1v) is 10.8. The monoisotopic (exact) mass is 476 g/mol. The third-order valence-electron chi connectivity index (χ3n) is 5.04. The lowest BCUT2D eigenvalue weighted by atomic mass is 10.1. The molecule has 1 aliphatic rings. The Hall–Kier alpha value is -3.94. The van der Waals surface area contributed by atoms with E-state index in [1.807, 2.05) is 6.07 Å². The second-order valence-corrected chi connectivity index (χ2v) is 7.83. The predicted octanol–water partition coefficient (Wildman–Crippen LogP) is 4.76. The molecular weight excluding hydrogens is 456 g/mol. The van der Waals surface area contributed by atoms with E-state index in [1.165, 1.54) is 19.4 Å². The number of carbonyl (C=O) groups excluding carboxylic acids is 2. The van der Waals surface area contributed by atoms with Crippen molar-refractivity contribution < 1.29 is 23.8 Å². The standard InChI is InChI=1S/C26H21ClN2O5/c1-32-24-12-18(14-28-29-26(31)19-6-7-20-15-33-16-21(20)13-19)4-10-23(24)34-25(30)11-5-17-2-8-22(27)9-3-17/h2-14H,15-16H2,1H3,(H,29,31)/b11-5+,28-14?. The van der Waals surface area contributed by atoms with E-state index in [1.54, 1.807) is 60.7 Å². The third-order valence-corrected chi connectivity index (χ3v) is 5.30. The fourth-order valence-corrected chi connectivity index (χ4v) is 3.40. The number of carbonyl (C=O) groups is 2. The molecule has 1 aliphatic heterocycles. The van der Waals surface area contributed by atoms with Crippen LogP contribution >= 0.6 is 11.6 Å². The number of nitrogens with zero attached hydrogens (tertiary/aromatic N) is 1. The maximum atomic E-state index is 12.4. The Morgan fingerprint density at radius 2 is 1.74 bits per heavy atom. The first kappa shape index (κ1) is 23.2. The van der Waals surface area contributed by atoms with Crippen LogP contribution in [0.5, 0.6) is 11.5 Å². The number of fused-ring (bicyclic) bond motifs is 1. The zero-order valence-electron chi connectivity index (χ0n) is 18.3. The number of hydrogen-bond acceptors (Lipinski definition) is 6. The molecule has 0 spiro atoms. The maximum Gasteiger partial charge on any atom is 0.336 e. The van der Waals surface area contributed by atoms with Crippen molar-refractivity contribution in [2.75, 3.05) is 7.11 Å². The van der Waals surface area contributed by atoms with E-state index in [0.717, 1.165) is 16.7 Å². The van der Waals surface area contributed by atoms with Crippen molar-refractivity contribution in [3.63, 3.8) is 0 Å². The number of hydrazone groups is 1. The molecule has 7 nitrogen and oxygen atoms in total. The summed E-state index contributed by atoms with van der Waals surface area (Å²) in [4.78, 5) is 24.5. The largest absolute Gasteiger partial charge is 0.493 e. The summed E-state index contributed by atoms with van der Waals surface area (Å²) in [6.07, 6.45) is 4.42. The van der Waals surface area contributed by atoms with Gasteiger partial charge in [0, 0.05) is 16.7 Å². The Morgan fingerprint density at radius 1 is 0.971 bits per heavy atom. The normalized spacial score (nSPS) is 12.6. The van der Waals surface area contributed by atoms with Gasteiger partial charge in [-0.1, -0.05) is 29.8 Å². The van der Waals surface area contributed by atoms with Crippen LogP contribution in [-0.2, 0) is 22.7 Å². The number of halogens is 1. The highest BCUT2D eigenvalue weighted by Gasteiger charge is 2.14. The summed E-state index contributed by atoms with van der Waals surface area (Å²) in [6, 6.07) is 17.4. The predicted molar refractivity (Wildman–Crippen MR) is 129 cm³/mol. The van der Waals surface area contributed by atoms with Gasteiger partial charge in [0.1, 0.15) is 0 Å². The summed E-state index contributed by atoms with van der Waals surface area (Å²) in [5, 5.41) is 4.62. The number of esters is 1. The number of benzene rings is 3. The highest BCUT2D eigenvalue weighted by Crippen LogP contribution is 2.28. The smallest absolute Gasteiger partial charge is 0.336 e. The van der Waals surface area contributed by atoms with Crippen molar-refractivity contribution in [2.24, 2.45) is 5.10 Å². The fraction of sp³-hybridized carbons (Fsp3) is 0.115. The van der Waals surface area contributed by atoms with E-state index in [9.17, 15) is 9.59 Å². The topological polar surface area (TPSA) is 86.2 Å². The SMILES string of the molecule is COc1cc(C=NNC(=O)c2ccc3c(c2)COC3)ccc1OC(=O)/C=C/c1ccc(Cl)cc1. The van der Waals surface area contributed by atoms with Gasteiger partial charge in [-0.3, -0.25) is 4.79 Å². The summed E-state index contributed by atoms with van der Waals surface area (Å²) in [5.41, 5.74) is 6.58. The zero-order valence-corrected chi connectivity index (χ0v) is 19.0. The molecule has 3 aromatic rings. The molecule has 0 atom stereocenters. The second kappa shape index (κ2) is 10.8. The van der Waals surface area contributed by atoms with Gasteiger partial charge < -0.3 is 14.2 Å². The van der Waals surface area contributed by atoms with Crippen LogP contribution in [0.25, 0.3) is 6.08 Å². The summed E-state index contributed by atoms with van der Waals surface area (Å²) < 4.78 is 16.1. The number of ether oxygens (including phenoxy) is 3. The number of methoxy groups -OCH3 is 1. The summed E-state index contributed by atoms with van der Waals surface area (Å²) in [7, 11) is 1.47. The molecule has 4 rings (SSSR count). The van der Waals surface area contributed by atoms with Crippen LogP contribution in [0.2, 0.25) is 5.02 Å². The first-order chi connectivity index (χ1) is 16.5. The fourth-order valence-electron chi connectivity index (χ4n) is 3.27. The Bertz CT molecular complexity index is 1270. The van der Waals surface area contributed by atoms with Crippen molar-refractivity contribution >= 4 is 35.8 Å². The number of nitrogens with one attached hydrogen (secondary N) is 1. The number of hydrogen-bond donors (Lipinski definition) is 1. The molecule has 1 N–H and O–H groups in total. The highest BCUT2D eigenvalue weighted by atomic mass is 35.5. The molecule has 1 heterocycles. The van der Waals surface area contributed by atoms with E-state index >= 15 is 0 Å². The van der Waals surface area contributed by atoms with Crippen LogP contribution in [0.3, 0.4) is 0 Å². The minimum atomic E-state index is -0.554. The van der Waals surface area contributed by atoms with Crippen molar-refractivity contribution in [2.45, 2.75) is 13.2 Å². The molecule has 8 heteroatoms. The zero-order chi connectivity index (χ0) is 23.9. The Kier molecular flexibility index (Phi) is 7.37. The van der Waals surface area contributed by atoms with Gasteiger partial charge in [0.05, 0.1) is 26.5 Å². The number of rotatable bonds is 7. The third kappa shape index (κ3) is 5.89. The van der Waals surface area contributed by atoms with E-state index < -0.39 is 5.97 Å². The van der Waals surface area contributed by atoms with Gasteiger partial charge in [0.2, 0.25) is 0 Å². The first-order valence-electron chi connectivity index (χ1n) is 10.4. The lowest BCUT2D eigenvalue weighted by Crippen LogP contribution is -2.17. The Morgan fingerprint density at radius 3 is 2.53 bits per heavy atom. The minimum absolute atomic E-state index is 0.259. The summed E-state index contributed by atoms with van der Waals surface area (Å²) in [6.45, 7) is 1.08. The van der Waals surface area contributed by atoms with Crippen molar-refractivity contribution in [3.05, 3.63) is 99.6 Å². The van der Waals surface area contributed by atoms with Gasteiger partial charge >= 0.3 is 5.97 Å². The summed E-state index contributed by atoms with van der Waals surface area (Å²) >= 11 is 5.86. The molecule has 0 aliphatic carbocycles. The molecule has 0 radical (unpaired) electrons. The van der Waals surface area contributed by atoms with E-state index in [0.29, 0.717) is 35.1 Å². The molecule has 3 aromatic carbocycles. The quantitative estimate of drug-likeness (QED) is 0.175. The van der Waals surface area contributed by atoms with Crippen LogP contribution in [0.1, 0.15) is 32.6 Å². The lowest BCUT2D eigenvalue weighted by molar-refractivity contribution is -0.129. The molecule has 0 saturated carbocycles. The molecule has 0 bridgehead atoms. The second-order valence-electron chi connectivity index (χ2n) is 7.39. The van der Waals surface area contributed by atoms with Crippen LogP contribution in [0.15, 0.2) is 71.8 Å². The van der Waals surface area contributed by atoms with Crippen LogP contribution < -0.4 is 14.9 Å². The van der Waals surface area contributed by atoms with Crippen molar-refractivity contribution in [1.29, 1.82) is 0 Å². The van der Waals surface area contributed by atoms with E-state index in [-0.39, 0.29) is 11.7 Å². The van der Waals surface area contributed by atoms with Crippen molar-refractivity contribution in [1.82, 2.24) is 5.43 Å². The average molecular weight is 477 g/mol. The lowest BCUT2D eigenvalue weighted by Gasteiger charge is -2.08. The molecule has 172 valence electrons. The Balaban J connectivity index is 1.36. The van der Waals surface area contributed by atoms with Crippen LogP contribution in [0.4, 0.5) is 0 Å². The molecule has 0 unspecified atom stereocenters. The molecule has 0 fully saturated rings. The van der Waals surface area contributed by atoms with Gasteiger partial charge in [0.25, 0.3) is 5.91 Å². The summed E-state index contributed by atoms with van der Waals surface area (Å²) in [5.74, 6) is -0.269. The molecule has 34 heavy (non-hydrogen) atoms. The number of amides is 1. The van der Waals surface area contributed by atoms with Gasteiger partial charge in [-0.05, 0) is 70.8 Å². The Labute approximate surface area is 201 Å². The van der Waals surface area contributed by atoms with Crippen molar-refractivity contribution in [3.8, 4) is 11.5 Å². The maximum absolute atomic E-state index is 12.4. The van der Waals surface area contributed by atoms with Gasteiger partial charge in [0.15, 0.2) is 11.5 Å². The van der Waals surface area contributed by atoms with Gasteiger partial charge in [-0.25, -0.2) is 10.2 Å². The molecule has 0 saturated heterocycles. The van der Waals surface area contributed by atoms with Crippen LogP contribution in [0, 0.1) is 0 Å². The van der Waals surface area contributed by atoms with E-state index in [4.69, 9.17) is 25.8 Å². The van der Waals surface area contributed by atoms with Gasteiger partial charge in [-0.15, -0.1) is 0 Å². The molecular formula is C26H21ClN2O5. The van der Waals surface area contributed by atoms with Crippen LogP contribution in [-0.4, -0.2) is 25.2 Å². The highest BCUT2D eigenvalue weighted by molar-refractivity contribution is 6.30. The van der Waals surface area contributed by atoms with Gasteiger partial charge in [-0.2, -0.15) is 5.10 Å². The van der Waals surface area contributed by atoms with E-state index in [2.05, 4.69) is 10.5 Å². The molecule has 0 aromatic heterocycles.